The number of benzene rings is 2. The van der Waals surface area contributed by atoms with Gasteiger partial charge in [-0.2, -0.15) is 4.39 Å². The average molecular weight is 402 g/mol. The number of aryl methyl sites for hydroxylation is 1. The van der Waals surface area contributed by atoms with Crippen LogP contribution in [0, 0.1) is 17.5 Å². The lowest BCUT2D eigenvalue weighted by Crippen LogP contribution is -2.25. The molecule has 1 fully saturated rings. The van der Waals surface area contributed by atoms with Crippen molar-refractivity contribution in [3.63, 3.8) is 0 Å². The number of ether oxygens (including phenoxy) is 2. The molecule has 2 aliphatic heterocycles. The first-order valence-corrected chi connectivity index (χ1v) is 10.2. The highest BCUT2D eigenvalue weighted by molar-refractivity contribution is 5.54. The van der Waals surface area contributed by atoms with Gasteiger partial charge in [-0.05, 0) is 49.3 Å². The summed E-state index contributed by atoms with van der Waals surface area (Å²) in [7, 11) is 0. The molecule has 29 heavy (non-hydrogen) atoms. The Morgan fingerprint density at radius 3 is 2.55 bits per heavy atom. The molecule has 0 N–H and O–H groups in total. The molecule has 0 aromatic heterocycles. The van der Waals surface area contributed by atoms with E-state index in [4.69, 9.17) is 9.47 Å². The molecule has 0 saturated carbocycles. The van der Waals surface area contributed by atoms with Crippen LogP contribution < -0.4 is 4.74 Å². The summed E-state index contributed by atoms with van der Waals surface area (Å²) in [6.45, 7) is 6.15. The van der Waals surface area contributed by atoms with E-state index in [1.54, 1.807) is 18.2 Å². The van der Waals surface area contributed by atoms with Crippen molar-refractivity contribution < 1.29 is 22.6 Å². The summed E-state index contributed by atoms with van der Waals surface area (Å²) < 4.78 is 55.8. The van der Waals surface area contributed by atoms with Gasteiger partial charge >= 0.3 is 0 Å². The highest BCUT2D eigenvalue weighted by atomic mass is 19.2. The van der Waals surface area contributed by atoms with Gasteiger partial charge in [0.25, 0.3) is 0 Å². The van der Waals surface area contributed by atoms with Crippen molar-refractivity contribution in [1.29, 1.82) is 0 Å². The molecule has 2 nitrogen and oxygen atoms in total. The predicted molar refractivity (Wildman–Crippen MR) is 106 cm³/mol. The molecule has 2 aliphatic rings. The van der Waals surface area contributed by atoms with Gasteiger partial charge in [-0.15, -0.1) is 6.58 Å². The molecule has 0 spiro atoms. The van der Waals surface area contributed by atoms with E-state index in [1.165, 1.54) is 0 Å². The Kier molecular flexibility index (Phi) is 5.68. The zero-order valence-electron chi connectivity index (χ0n) is 16.6. The Hall–Kier alpha value is -2.27. The molecular formula is C24H25F3O2. The van der Waals surface area contributed by atoms with Gasteiger partial charge in [-0.1, -0.05) is 25.1 Å². The summed E-state index contributed by atoms with van der Waals surface area (Å²) in [6, 6.07) is 5.22. The van der Waals surface area contributed by atoms with Crippen molar-refractivity contribution in [2.45, 2.75) is 57.5 Å². The van der Waals surface area contributed by atoms with Crippen LogP contribution in [0.2, 0.25) is 0 Å². The standard InChI is InChI=1S/C24H25F3O2/c1-3-5-6-14-11-17-12-15-8-10-19(16-7-9-18(4-2)28-13-16)21(26)23(15)29-24(17)22(27)20(14)25/h3,8,10-11,16,18H,1,4-7,9,12-13H2,2H3. The summed E-state index contributed by atoms with van der Waals surface area (Å²) in [5, 5.41) is 0. The Labute approximate surface area is 169 Å². The van der Waals surface area contributed by atoms with Crippen molar-refractivity contribution in [2.75, 3.05) is 6.61 Å². The van der Waals surface area contributed by atoms with Crippen LogP contribution in [0.15, 0.2) is 30.9 Å². The van der Waals surface area contributed by atoms with Crippen molar-refractivity contribution in [3.05, 3.63) is 70.6 Å². The fraction of sp³-hybridized carbons (Fsp3) is 0.417. The molecule has 0 amide bonds. The zero-order chi connectivity index (χ0) is 20.5. The third-order valence-corrected chi connectivity index (χ3v) is 5.99. The molecule has 0 radical (unpaired) electrons. The molecule has 4 rings (SSSR count). The predicted octanol–water partition coefficient (Wildman–Crippen LogP) is 6.59. The maximum atomic E-state index is 15.3. The second kappa shape index (κ2) is 8.23. The minimum Gasteiger partial charge on any atom is -0.450 e. The molecule has 2 unspecified atom stereocenters. The lowest BCUT2D eigenvalue weighted by Gasteiger charge is -2.30. The van der Waals surface area contributed by atoms with Crippen molar-refractivity contribution in [2.24, 2.45) is 0 Å². The van der Waals surface area contributed by atoms with Crippen molar-refractivity contribution >= 4 is 0 Å². The molecule has 2 heterocycles. The molecule has 2 aromatic carbocycles. The van der Waals surface area contributed by atoms with Crippen LogP contribution in [0.5, 0.6) is 11.5 Å². The highest BCUT2D eigenvalue weighted by Gasteiger charge is 2.31. The number of allylic oxidation sites excluding steroid dienone is 1. The van der Waals surface area contributed by atoms with Crippen LogP contribution in [0.4, 0.5) is 13.2 Å². The minimum atomic E-state index is -1.05. The molecule has 154 valence electrons. The molecular weight excluding hydrogens is 377 g/mol. The summed E-state index contributed by atoms with van der Waals surface area (Å²) in [6.07, 6.45) is 5.76. The van der Waals surface area contributed by atoms with Gasteiger partial charge in [-0.25, -0.2) is 8.78 Å². The molecule has 0 aliphatic carbocycles. The van der Waals surface area contributed by atoms with E-state index in [2.05, 4.69) is 13.5 Å². The van der Waals surface area contributed by atoms with E-state index in [9.17, 15) is 8.78 Å². The Morgan fingerprint density at radius 1 is 1.07 bits per heavy atom. The van der Waals surface area contributed by atoms with Gasteiger partial charge in [0.2, 0.25) is 5.82 Å². The number of halogens is 3. The summed E-state index contributed by atoms with van der Waals surface area (Å²) >= 11 is 0. The monoisotopic (exact) mass is 402 g/mol. The number of rotatable bonds is 5. The van der Waals surface area contributed by atoms with Gasteiger partial charge in [0, 0.05) is 23.5 Å². The van der Waals surface area contributed by atoms with E-state index in [0.717, 1.165) is 19.3 Å². The zero-order valence-corrected chi connectivity index (χ0v) is 16.6. The van der Waals surface area contributed by atoms with Gasteiger partial charge in [0.05, 0.1) is 12.7 Å². The van der Waals surface area contributed by atoms with Gasteiger partial charge in [-0.3, -0.25) is 0 Å². The number of hydrogen-bond donors (Lipinski definition) is 0. The largest absolute Gasteiger partial charge is 0.450 e. The smallest absolute Gasteiger partial charge is 0.201 e. The first-order valence-electron chi connectivity index (χ1n) is 10.2. The minimum absolute atomic E-state index is 0.00440. The second-order valence-electron chi connectivity index (χ2n) is 7.85. The average Bonchev–Trinajstić information content (AvgIpc) is 2.75. The fourth-order valence-electron chi connectivity index (χ4n) is 4.26. The number of hydrogen-bond acceptors (Lipinski definition) is 2. The maximum Gasteiger partial charge on any atom is 0.201 e. The molecule has 2 atom stereocenters. The third kappa shape index (κ3) is 3.68. The van der Waals surface area contributed by atoms with Crippen LogP contribution >= 0.6 is 0 Å². The topological polar surface area (TPSA) is 18.5 Å². The molecule has 2 aromatic rings. The van der Waals surface area contributed by atoms with Crippen LogP contribution in [0.1, 0.15) is 60.8 Å². The normalized spacial score (nSPS) is 20.6. The third-order valence-electron chi connectivity index (χ3n) is 5.99. The van der Waals surface area contributed by atoms with Crippen LogP contribution in [0.3, 0.4) is 0 Å². The summed E-state index contributed by atoms with van der Waals surface area (Å²) in [5.74, 6) is -2.74. The van der Waals surface area contributed by atoms with Gasteiger partial charge in [0.15, 0.2) is 23.1 Å². The van der Waals surface area contributed by atoms with Crippen molar-refractivity contribution in [1.82, 2.24) is 0 Å². The Balaban J connectivity index is 1.64. The molecule has 1 saturated heterocycles. The SMILES string of the molecule is C=CCCc1cc2c(c(F)c1F)Oc1c(ccc(C3CCC(CC)OC3)c1F)C2. The van der Waals surface area contributed by atoms with Crippen LogP contribution in [-0.2, 0) is 17.6 Å². The Morgan fingerprint density at radius 2 is 1.86 bits per heavy atom. The lowest BCUT2D eigenvalue weighted by atomic mass is 9.88. The van der Waals surface area contributed by atoms with Gasteiger partial charge < -0.3 is 9.47 Å². The molecule has 5 heteroatoms. The van der Waals surface area contributed by atoms with E-state index in [0.29, 0.717) is 42.6 Å². The summed E-state index contributed by atoms with van der Waals surface area (Å²) in [5.41, 5.74) is 1.98. The maximum absolute atomic E-state index is 15.3. The number of fused-ring (bicyclic) bond motifs is 2. The lowest BCUT2D eigenvalue weighted by molar-refractivity contribution is 0.00134. The first-order chi connectivity index (χ1) is 14.0. The van der Waals surface area contributed by atoms with E-state index < -0.39 is 17.5 Å². The van der Waals surface area contributed by atoms with Crippen LogP contribution in [0.25, 0.3) is 0 Å². The Bertz CT molecular complexity index is 930. The highest BCUT2D eigenvalue weighted by Crippen LogP contribution is 2.44. The molecule has 0 bridgehead atoms. The van der Waals surface area contributed by atoms with E-state index >= 15 is 4.39 Å². The summed E-state index contributed by atoms with van der Waals surface area (Å²) in [4.78, 5) is 0. The van der Waals surface area contributed by atoms with E-state index in [1.807, 2.05) is 6.07 Å². The van der Waals surface area contributed by atoms with Gasteiger partial charge in [0.1, 0.15) is 0 Å². The fourth-order valence-corrected chi connectivity index (χ4v) is 4.26. The first kappa shape index (κ1) is 20.0. The van der Waals surface area contributed by atoms with Crippen LogP contribution in [-0.4, -0.2) is 12.7 Å². The second-order valence-corrected chi connectivity index (χ2v) is 7.85. The van der Waals surface area contributed by atoms with E-state index in [-0.39, 0.29) is 29.1 Å². The quantitative estimate of drug-likeness (QED) is 0.448. The van der Waals surface area contributed by atoms with Crippen molar-refractivity contribution in [3.8, 4) is 11.5 Å².